The number of aromatic nitrogens is 4. The van der Waals surface area contributed by atoms with E-state index >= 15 is 0 Å². The minimum absolute atomic E-state index is 0.188. The highest BCUT2D eigenvalue weighted by Crippen LogP contribution is 2.39. The zero-order valence-electron chi connectivity index (χ0n) is 18.3. The molecule has 4 atom stereocenters. The Bertz CT molecular complexity index is 858. The molecule has 4 unspecified atom stereocenters. The first kappa shape index (κ1) is 20.5. The monoisotopic (exact) mass is 424 g/mol. The molecule has 0 spiro atoms. The summed E-state index contributed by atoms with van der Waals surface area (Å²) in [5.41, 5.74) is 8.08. The second-order valence-electron chi connectivity index (χ2n) is 9.00. The van der Waals surface area contributed by atoms with E-state index in [4.69, 9.17) is 4.74 Å². The Kier molecular flexibility index (Phi) is 5.97. The summed E-state index contributed by atoms with van der Waals surface area (Å²) in [5.74, 6) is 2.47. The van der Waals surface area contributed by atoms with E-state index in [0.717, 1.165) is 62.8 Å². The lowest BCUT2D eigenvalue weighted by atomic mass is 9.79. The zero-order chi connectivity index (χ0) is 21.2. The summed E-state index contributed by atoms with van der Waals surface area (Å²) in [6.07, 6.45) is 9.03. The standard InChI is InChI=1S/C22H32N8O/c1-15(2)31-16-3-4-18-17(11-16)22(28-27-18)19-12-21(26-14-24-19)30-9-7-29(8-10-30)20-5-6-23-13-25-20/h5-6,12-18,22,27-28H,3-4,7-11H2,1-2H3. The maximum Gasteiger partial charge on any atom is 0.132 e. The van der Waals surface area contributed by atoms with Gasteiger partial charge in [-0.3, -0.25) is 5.43 Å². The summed E-state index contributed by atoms with van der Waals surface area (Å²) < 4.78 is 6.14. The van der Waals surface area contributed by atoms with Crippen LogP contribution in [-0.2, 0) is 4.74 Å². The van der Waals surface area contributed by atoms with Gasteiger partial charge in [0.1, 0.15) is 24.3 Å². The molecular formula is C22H32N8O. The molecule has 9 heteroatoms. The van der Waals surface area contributed by atoms with E-state index in [1.165, 1.54) is 0 Å². The molecule has 2 N–H and O–H groups in total. The van der Waals surface area contributed by atoms with E-state index in [-0.39, 0.29) is 12.1 Å². The number of nitrogens with zero attached hydrogens (tertiary/aromatic N) is 6. The van der Waals surface area contributed by atoms with E-state index in [1.54, 1.807) is 18.9 Å². The summed E-state index contributed by atoms with van der Waals surface area (Å²) in [7, 11) is 0. The number of nitrogens with one attached hydrogen (secondary N) is 2. The maximum absolute atomic E-state index is 6.14. The van der Waals surface area contributed by atoms with Gasteiger partial charge in [-0.15, -0.1) is 0 Å². The molecule has 2 aromatic heterocycles. The quantitative estimate of drug-likeness (QED) is 0.744. The SMILES string of the molecule is CC(C)OC1CCC2NNC(c3cc(N4CCN(c5ccncn5)CC4)ncn3)C2C1. The number of hydrogen-bond acceptors (Lipinski definition) is 9. The number of piperazine rings is 1. The normalized spacial score (nSPS) is 28.7. The minimum atomic E-state index is 0.188. The lowest BCUT2D eigenvalue weighted by molar-refractivity contribution is -0.0276. The predicted octanol–water partition coefficient (Wildman–Crippen LogP) is 1.70. The first-order valence-electron chi connectivity index (χ1n) is 11.4. The fourth-order valence-corrected chi connectivity index (χ4v) is 5.16. The molecule has 166 valence electrons. The fraction of sp³-hybridized carbons (Fsp3) is 0.636. The first-order valence-corrected chi connectivity index (χ1v) is 11.4. The van der Waals surface area contributed by atoms with Crippen molar-refractivity contribution in [1.29, 1.82) is 0 Å². The van der Waals surface area contributed by atoms with Crippen molar-refractivity contribution in [2.45, 2.75) is 57.4 Å². The average Bonchev–Trinajstić information content (AvgIpc) is 3.23. The second kappa shape index (κ2) is 9.02. The van der Waals surface area contributed by atoms with E-state index in [0.29, 0.717) is 18.1 Å². The van der Waals surface area contributed by atoms with Crippen LogP contribution >= 0.6 is 0 Å². The number of ether oxygens (including phenoxy) is 1. The van der Waals surface area contributed by atoms with Crippen molar-refractivity contribution >= 4 is 11.6 Å². The molecule has 4 heterocycles. The Labute approximate surface area is 183 Å². The third-order valence-corrected chi connectivity index (χ3v) is 6.65. The molecule has 0 bridgehead atoms. The second-order valence-corrected chi connectivity index (χ2v) is 9.00. The Hall–Kier alpha value is -2.36. The third-order valence-electron chi connectivity index (χ3n) is 6.65. The summed E-state index contributed by atoms with van der Waals surface area (Å²) in [6, 6.07) is 4.79. The Balaban J connectivity index is 1.25. The van der Waals surface area contributed by atoms with Crippen molar-refractivity contribution in [2.75, 3.05) is 36.0 Å². The molecule has 0 radical (unpaired) electrons. The fourth-order valence-electron chi connectivity index (χ4n) is 5.16. The van der Waals surface area contributed by atoms with Crippen LogP contribution in [0.5, 0.6) is 0 Å². The van der Waals surface area contributed by atoms with Crippen molar-refractivity contribution < 1.29 is 4.74 Å². The number of hydrogen-bond donors (Lipinski definition) is 2. The minimum Gasteiger partial charge on any atom is -0.376 e. The smallest absolute Gasteiger partial charge is 0.132 e. The van der Waals surface area contributed by atoms with E-state index < -0.39 is 0 Å². The van der Waals surface area contributed by atoms with Gasteiger partial charge in [0.15, 0.2) is 0 Å². The molecule has 2 aromatic rings. The summed E-state index contributed by atoms with van der Waals surface area (Å²) in [5, 5.41) is 0. The van der Waals surface area contributed by atoms with E-state index in [9.17, 15) is 0 Å². The summed E-state index contributed by atoms with van der Waals surface area (Å²) >= 11 is 0. The Morgan fingerprint density at radius 3 is 2.48 bits per heavy atom. The lowest BCUT2D eigenvalue weighted by Gasteiger charge is -2.36. The molecular weight excluding hydrogens is 392 g/mol. The van der Waals surface area contributed by atoms with E-state index in [1.807, 2.05) is 6.07 Å². The van der Waals surface area contributed by atoms with Gasteiger partial charge in [0, 0.05) is 50.4 Å². The van der Waals surface area contributed by atoms with Crippen molar-refractivity contribution in [1.82, 2.24) is 30.8 Å². The predicted molar refractivity (Wildman–Crippen MR) is 119 cm³/mol. The molecule has 3 aliphatic rings. The largest absolute Gasteiger partial charge is 0.376 e. The van der Waals surface area contributed by atoms with Gasteiger partial charge in [-0.2, -0.15) is 0 Å². The van der Waals surface area contributed by atoms with Crippen molar-refractivity contribution in [3.63, 3.8) is 0 Å². The molecule has 31 heavy (non-hydrogen) atoms. The number of fused-ring (bicyclic) bond motifs is 1. The number of anilines is 2. The molecule has 1 aliphatic carbocycles. The molecule has 9 nitrogen and oxygen atoms in total. The van der Waals surface area contributed by atoms with Crippen LogP contribution < -0.4 is 20.7 Å². The van der Waals surface area contributed by atoms with Gasteiger partial charge in [-0.05, 0) is 39.2 Å². The lowest BCUT2D eigenvalue weighted by Crippen LogP contribution is -2.47. The van der Waals surface area contributed by atoms with Crippen LogP contribution in [-0.4, -0.2) is 64.4 Å². The maximum atomic E-state index is 6.14. The number of rotatable bonds is 5. The van der Waals surface area contributed by atoms with Crippen LogP contribution in [0.3, 0.4) is 0 Å². The molecule has 2 aliphatic heterocycles. The molecule has 0 aromatic carbocycles. The highest BCUT2D eigenvalue weighted by Gasteiger charge is 2.42. The van der Waals surface area contributed by atoms with Crippen LogP contribution in [0, 0.1) is 5.92 Å². The van der Waals surface area contributed by atoms with Crippen LogP contribution in [0.1, 0.15) is 44.8 Å². The number of hydrazine groups is 1. The van der Waals surface area contributed by atoms with Crippen LogP contribution in [0.2, 0.25) is 0 Å². The van der Waals surface area contributed by atoms with Crippen molar-refractivity contribution in [2.24, 2.45) is 5.92 Å². The van der Waals surface area contributed by atoms with Crippen molar-refractivity contribution in [3.05, 3.63) is 36.7 Å². The van der Waals surface area contributed by atoms with Gasteiger partial charge in [-0.25, -0.2) is 25.4 Å². The topological polar surface area (TPSA) is 91.3 Å². The molecule has 0 amide bonds. The van der Waals surface area contributed by atoms with Gasteiger partial charge in [0.05, 0.1) is 23.9 Å². The molecule has 5 rings (SSSR count). The highest BCUT2D eigenvalue weighted by atomic mass is 16.5. The highest BCUT2D eigenvalue weighted by molar-refractivity contribution is 5.45. The van der Waals surface area contributed by atoms with E-state index in [2.05, 4.69) is 60.5 Å². The van der Waals surface area contributed by atoms with Gasteiger partial charge < -0.3 is 14.5 Å². The van der Waals surface area contributed by atoms with Crippen LogP contribution in [0.4, 0.5) is 11.6 Å². The van der Waals surface area contributed by atoms with Crippen molar-refractivity contribution in [3.8, 4) is 0 Å². The van der Waals surface area contributed by atoms with Gasteiger partial charge in [-0.1, -0.05) is 0 Å². The average molecular weight is 425 g/mol. The Morgan fingerprint density at radius 1 is 0.968 bits per heavy atom. The summed E-state index contributed by atoms with van der Waals surface area (Å²) in [4.78, 5) is 22.3. The molecule has 1 saturated carbocycles. The van der Waals surface area contributed by atoms with Crippen LogP contribution in [0.15, 0.2) is 31.0 Å². The Morgan fingerprint density at radius 2 is 1.74 bits per heavy atom. The first-order chi connectivity index (χ1) is 15.2. The van der Waals surface area contributed by atoms with Gasteiger partial charge in [0.2, 0.25) is 0 Å². The summed E-state index contributed by atoms with van der Waals surface area (Å²) in [6.45, 7) is 7.89. The zero-order valence-corrected chi connectivity index (χ0v) is 18.3. The third kappa shape index (κ3) is 4.49. The van der Waals surface area contributed by atoms with Gasteiger partial charge >= 0.3 is 0 Å². The van der Waals surface area contributed by atoms with Crippen LogP contribution in [0.25, 0.3) is 0 Å². The van der Waals surface area contributed by atoms with Gasteiger partial charge in [0.25, 0.3) is 0 Å². The molecule has 3 fully saturated rings. The molecule has 2 saturated heterocycles.